The molecule has 2 aliphatic rings. The van der Waals surface area contributed by atoms with Crippen LogP contribution in [0.5, 0.6) is 0 Å². The van der Waals surface area contributed by atoms with Crippen molar-refractivity contribution >= 4 is 63.9 Å². The van der Waals surface area contributed by atoms with Gasteiger partial charge in [-0.1, -0.05) is 52.8 Å². The average molecular weight is 693 g/mol. The molecule has 0 radical (unpaired) electrons. The Kier molecular flexibility index (Phi) is 12.1. The Morgan fingerprint density at radius 2 is 1.38 bits per heavy atom. The van der Waals surface area contributed by atoms with E-state index < -0.39 is 0 Å². The first kappa shape index (κ1) is 33.6. The van der Waals surface area contributed by atoms with Gasteiger partial charge in [0.25, 0.3) is 0 Å². The van der Waals surface area contributed by atoms with E-state index in [1.54, 1.807) is 41.2 Å². The standard InChI is InChI=1S/C16H18Cl2N4O.C16H20Cl2N4/c17-12-4-5-14(13(18)10-12)22-9-6-15(20-22)19-16(23)11-21-7-2-1-3-8-21;1-12-10-16(19-6-9-21-7-2-3-8-21)20-22(12)15-5-4-13(17)11-14(15)18/h4-6,9-10H,1-3,7-8,11H2,(H,19,20,23);4-5,10-11H,2-3,6-9H2,1H3,(H,19,20). The highest BCUT2D eigenvalue weighted by molar-refractivity contribution is 6.36. The van der Waals surface area contributed by atoms with Crippen molar-refractivity contribution in [1.29, 1.82) is 0 Å². The minimum atomic E-state index is -0.0423. The zero-order chi connectivity index (χ0) is 31.8. The summed E-state index contributed by atoms with van der Waals surface area (Å²) in [4.78, 5) is 16.7. The molecule has 6 rings (SSSR count). The van der Waals surface area contributed by atoms with E-state index in [4.69, 9.17) is 46.4 Å². The van der Waals surface area contributed by atoms with Crippen molar-refractivity contribution in [3.8, 4) is 11.4 Å². The molecular formula is C32H38Cl4N8O. The summed E-state index contributed by atoms with van der Waals surface area (Å²) in [5.41, 5.74) is 2.59. The summed E-state index contributed by atoms with van der Waals surface area (Å²) in [6, 6.07) is 14.4. The van der Waals surface area contributed by atoms with Gasteiger partial charge in [0, 0.05) is 47.2 Å². The van der Waals surface area contributed by atoms with Crippen LogP contribution in [0.25, 0.3) is 11.4 Å². The third-order valence-electron chi connectivity index (χ3n) is 7.79. The summed E-state index contributed by atoms with van der Waals surface area (Å²) in [7, 11) is 0. The van der Waals surface area contributed by atoms with Crippen molar-refractivity contribution in [3.63, 3.8) is 0 Å². The van der Waals surface area contributed by atoms with Crippen LogP contribution >= 0.6 is 46.4 Å². The molecule has 2 saturated heterocycles. The second-order valence-corrected chi connectivity index (χ2v) is 13.0. The van der Waals surface area contributed by atoms with E-state index in [1.165, 1.54) is 32.4 Å². The maximum Gasteiger partial charge on any atom is 0.239 e. The van der Waals surface area contributed by atoms with E-state index in [1.807, 2.05) is 29.8 Å². The van der Waals surface area contributed by atoms with Gasteiger partial charge in [-0.3, -0.25) is 9.69 Å². The number of nitrogens with zero attached hydrogens (tertiary/aromatic N) is 6. The maximum absolute atomic E-state index is 12.1. The van der Waals surface area contributed by atoms with Crippen LogP contribution in [0.4, 0.5) is 11.6 Å². The lowest BCUT2D eigenvalue weighted by molar-refractivity contribution is -0.117. The molecule has 1 amide bonds. The fourth-order valence-corrected chi connectivity index (χ4v) is 6.48. The largest absolute Gasteiger partial charge is 0.367 e. The fraction of sp³-hybridized carbons (Fsp3) is 0.406. The minimum Gasteiger partial charge on any atom is -0.367 e. The molecule has 0 unspecified atom stereocenters. The zero-order valence-corrected chi connectivity index (χ0v) is 28.3. The highest BCUT2D eigenvalue weighted by Crippen LogP contribution is 2.26. The number of likely N-dealkylation sites (tertiary alicyclic amines) is 2. The van der Waals surface area contributed by atoms with Gasteiger partial charge >= 0.3 is 0 Å². The molecule has 2 aromatic heterocycles. The molecule has 0 spiro atoms. The van der Waals surface area contributed by atoms with Crippen LogP contribution < -0.4 is 10.6 Å². The first-order chi connectivity index (χ1) is 21.7. The number of amides is 1. The highest BCUT2D eigenvalue weighted by atomic mass is 35.5. The van der Waals surface area contributed by atoms with Crippen molar-refractivity contribution in [2.45, 2.75) is 39.0 Å². The molecule has 0 aliphatic carbocycles. The summed E-state index contributed by atoms with van der Waals surface area (Å²) in [5, 5.41) is 17.5. The van der Waals surface area contributed by atoms with Gasteiger partial charge in [-0.25, -0.2) is 9.36 Å². The Balaban J connectivity index is 0.000000178. The molecule has 45 heavy (non-hydrogen) atoms. The third kappa shape index (κ3) is 9.61. The number of aromatic nitrogens is 4. The predicted octanol–water partition coefficient (Wildman–Crippen LogP) is 7.60. The lowest BCUT2D eigenvalue weighted by Crippen LogP contribution is -2.36. The van der Waals surface area contributed by atoms with E-state index >= 15 is 0 Å². The van der Waals surface area contributed by atoms with Crippen molar-refractivity contribution in [2.75, 3.05) is 56.4 Å². The quantitative estimate of drug-likeness (QED) is 0.188. The normalized spacial score (nSPS) is 15.5. The minimum absolute atomic E-state index is 0.0423. The van der Waals surface area contributed by atoms with Gasteiger partial charge in [0.15, 0.2) is 5.82 Å². The van der Waals surface area contributed by atoms with E-state index in [-0.39, 0.29) is 5.91 Å². The summed E-state index contributed by atoms with van der Waals surface area (Å²) in [6.07, 6.45) is 7.98. The molecule has 13 heteroatoms. The summed E-state index contributed by atoms with van der Waals surface area (Å²) in [5.74, 6) is 1.35. The van der Waals surface area contributed by atoms with E-state index in [0.29, 0.717) is 38.1 Å². The fourth-order valence-electron chi connectivity index (χ4n) is 5.50. The van der Waals surface area contributed by atoms with E-state index in [9.17, 15) is 4.79 Å². The van der Waals surface area contributed by atoms with Crippen LogP contribution in [-0.4, -0.2) is 81.1 Å². The Hall–Kier alpha value is -2.79. The molecule has 2 fully saturated rings. The summed E-state index contributed by atoms with van der Waals surface area (Å²) < 4.78 is 3.46. The number of nitrogens with one attached hydrogen (secondary N) is 2. The second kappa shape index (κ2) is 16.2. The Morgan fingerprint density at radius 1 is 0.756 bits per heavy atom. The van der Waals surface area contributed by atoms with Gasteiger partial charge in [-0.15, -0.1) is 0 Å². The number of carbonyl (C=O) groups excluding carboxylic acids is 1. The second-order valence-electron chi connectivity index (χ2n) is 11.3. The van der Waals surface area contributed by atoms with Crippen LogP contribution in [0.1, 0.15) is 37.8 Å². The maximum atomic E-state index is 12.1. The SMILES string of the molecule is Cc1cc(NCCN2CCCC2)nn1-c1ccc(Cl)cc1Cl.O=C(CN1CCCCC1)Nc1ccn(-c2ccc(Cl)cc2Cl)n1. The van der Waals surface area contributed by atoms with Crippen LogP contribution in [-0.2, 0) is 4.79 Å². The van der Waals surface area contributed by atoms with E-state index in [0.717, 1.165) is 56.2 Å². The first-order valence-corrected chi connectivity index (χ1v) is 16.8. The molecule has 9 nitrogen and oxygen atoms in total. The molecule has 4 heterocycles. The van der Waals surface area contributed by atoms with Gasteiger partial charge in [-0.05, 0) is 95.2 Å². The number of hydrogen-bond acceptors (Lipinski definition) is 6. The number of benzene rings is 2. The number of anilines is 2. The van der Waals surface area contributed by atoms with Gasteiger partial charge < -0.3 is 15.5 Å². The topological polar surface area (TPSA) is 83.3 Å². The Bertz CT molecular complexity index is 1580. The predicted molar refractivity (Wildman–Crippen MR) is 185 cm³/mol. The van der Waals surface area contributed by atoms with Gasteiger partial charge in [-0.2, -0.15) is 10.2 Å². The summed E-state index contributed by atoms with van der Waals surface area (Å²) >= 11 is 24.3. The van der Waals surface area contributed by atoms with Crippen molar-refractivity contribution in [3.05, 3.63) is 80.5 Å². The summed E-state index contributed by atoms with van der Waals surface area (Å²) in [6.45, 7) is 8.81. The molecular weight excluding hydrogens is 654 g/mol. The zero-order valence-electron chi connectivity index (χ0n) is 25.3. The van der Waals surface area contributed by atoms with Crippen molar-refractivity contribution in [1.82, 2.24) is 29.4 Å². The number of aryl methyl sites for hydroxylation is 1. The van der Waals surface area contributed by atoms with E-state index in [2.05, 4.69) is 30.6 Å². The van der Waals surface area contributed by atoms with Crippen molar-refractivity contribution < 1.29 is 4.79 Å². The number of carbonyl (C=O) groups is 1. The molecule has 240 valence electrons. The van der Waals surface area contributed by atoms with Gasteiger partial charge in [0.1, 0.15) is 5.82 Å². The Labute approximate surface area is 284 Å². The first-order valence-electron chi connectivity index (χ1n) is 15.3. The highest BCUT2D eigenvalue weighted by Gasteiger charge is 2.16. The molecule has 0 bridgehead atoms. The van der Waals surface area contributed by atoms with Crippen LogP contribution in [0.15, 0.2) is 54.7 Å². The van der Waals surface area contributed by atoms with Crippen LogP contribution in [0.3, 0.4) is 0 Å². The average Bonchev–Trinajstić information content (AvgIpc) is 3.77. The lowest BCUT2D eigenvalue weighted by atomic mass is 10.1. The molecule has 4 aromatic rings. The smallest absolute Gasteiger partial charge is 0.239 e. The monoisotopic (exact) mass is 690 g/mol. The lowest BCUT2D eigenvalue weighted by Gasteiger charge is -2.25. The van der Waals surface area contributed by atoms with Crippen LogP contribution in [0, 0.1) is 6.92 Å². The molecule has 0 saturated carbocycles. The molecule has 0 atom stereocenters. The van der Waals surface area contributed by atoms with Crippen LogP contribution in [0.2, 0.25) is 20.1 Å². The van der Waals surface area contributed by atoms with Gasteiger partial charge in [0.2, 0.25) is 5.91 Å². The Morgan fingerprint density at radius 3 is 2.04 bits per heavy atom. The number of halogens is 4. The molecule has 2 N–H and O–H groups in total. The molecule has 2 aliphatic heterocycles. The molecule has 2 aromatic carbocycles. The number of piperidine rings is 1. The van der Waals surface area contributed by atoms with Crippen molar-refractivity contribution in [2.24, 2.45) is 0 Å². The van der Waals surface area contributed by atoms with Gasteiger partial charge in [0.05, 0.1) is 28.0 Å². The number of rotatable bonds is 9. The number of hydrogen-bond donors (Lipinski definition) is 2. The third-order valence-corrected chi connectivity index (χ3v) is 8.86.